The van der Waals surface area contributed by atoms with Crippen LogP contribution in [0.5, 0.6) is 0 Å². The molecule has 2 rings (SSSR count). The first-order valence-corrected chi connectivity index (χ1v) is 10.2. The summed E-state index contributed by atoms with van der Waals surface area (Å²) in [6, 6.07) is 11.4. The van der Waals surface area contributed by atoms with Crippen LogP contribution >= 0.6 is 0 Å². The van der Waals surface area contributed by atoms with Crippen LogP contribution in [0.25, 0.3) is 0 Å². The van der Waals surface area contributed by atoms with E-state index in [1.165, 1.54) is 63.5 Å². The molecule has 0 fully saturated rings. The summed E-state index contributed by atoms with van der Waals surface area (Å²) >= 11 is 0. The summed E-state index contributed by atoms with van der Waals surface area (Å²) in [5.41, 5.74) is 0.164. The molecule has 0 aromatic heterocycles. The Hall–Kier alpha value is -3.31. The van der Waals surface area contributed by atoms with E-state index < -0.39 is 32.9 Å². The molecule has 0 aliphatic rings. The molecule has 30 heavy (non-hydrogen) atoms. The topological polar surface area (TPSA) is 136 Å². The van der Waals surface area contributed by atoms with E-state index in [4.69, 9.17) is 4.74 Å². The van der Waals surface area contributed by atoms with E-state index in [0.717, 1.165) is 4.31 Å². The zero-order valence-electron chi connectivity index (χ0n) is 16.6. The Morgan fingerprint density at radius 1 is 1.17 bits per heavy atom. The molecule has 0 aliphatic carbocycles. The molecule has 1 atom stereocenters. The van der Waals surface area contributed by atoms with E-state index in [-0.39, 0.29) is 28.3 Å². The fourth-order valence-corrected chi connectivity index (χ4v) is 3.42. The van der Waals surface area contributed by atoms with E-state index >= 15 is 0 Å². The Balaban J connectivity index is 2.04. The quantitative estimate of drug-likeness (QED) is 0.380. The van der Waals surface area contributed by atoms with Gasteiger partial charge in [0.2, 0.25) is 10.0 Å². The molecule has 0 saturated carbocycles. The third-order valence-electron chi connectivity index (χ3n) is 4.08. The predicted octanol–water partition coefficient (Wildman–Crippen LogP) is 1.96. The Morgan fingerprint density at radius 3 is 2.47 bits per heavy atom. The van der Waals surface area contributed by atoms with Gasteiger partial charge in [-0.15, -0.1) is 0 Å². The lowest BCUT2D eigenvalue weighted by atomic mass is 10.1. The standard InChI is InChI=1S/C19H21N3O7S/c1-13(29-18(23)11-14-7-4-5-10-17(14)22(25)26)19(24)20-15-8-6-9-16(12-15)30(27,28)21(2)3/h4-10,12-13H,11H2,1-3H3,(H,20,24)/t13-/m0/s1. The smallest absolute Gasteiger partial charge is 0.311 e. The molecule has 1 N–H and O–H groups in total. The molecule has 10 nitrogen and oxygen atoms in total. The van der Waals surface area contributed by atoms with E-state index in [2.05, 4.69) is 5.32 Å². The molecule has 0 radical (unpaired) electrons. The van der Waals surface area contributed by atoms with Crippen LogP contribution in [-0.4, -0.2) is 49.7 Å². The number of nitrogens with zero attached hydrogens (tertiary/aromatic N) is 2. The number of sulfonamides is 1. The highest BCUT2D eigenvalue weighted by Crippen LogP contribution is 2.20. The third-order valence-corrected chi connectivity index (χ3v) is 5.89. The number of carbonyl (C=O) groups excluding carboxylic acids is 2. The van der Waals surface area contributed by atoms with Gasteiger partial charge in [-0.2, -0.15) is 0 Å². The summed E-state index contributed by atoms with van der Waals surface area (Å²) in [7, 11) is -0.902. The first-order chi connectivity index (χ1) is 14.0. The van der Waals surface area contributed by atoms with E-state index in [9.17, 15) is 28.1 Å². The average molecular weight is 435 g/mol. The Labute approximate surface area is 173 Å². The van der Waals surface area contributed by atoms with Crippen LogP contribution < -0.4 is 5.32 Å². The summed E-state index contributed by atoms with van der Waals surface area (Å²) in [4.78, 5) is 34.8. The first-order valence-electron chi connectivity index (χ1n) is 8.77. The summed E-state index contributed by atoms with van der Waals surface area (Å²) in [5, 5.41) is 13.5. The Kier molecular flexibility index (Phi) is 7.24. The van der Waals surface area contributed by atoms with Gasteiger partial charge in [0.1, 0.15) is 0 Å². The van der Waals surface area contributed by atoms with Gasteiger partial charge in [-0.25, -0.2) is 12.7 Å². The maximum Gasteiger partial charge on any atom is 0.311 e. The molecule has 0 aliphatic heterocycles. The molecule has 160 valence electrons. The van der Waals surface area contributed by atoms with Crippen molar-refractivity contribution in [3.05, 3.63) is 64.2 Å². The lowest BCUT2D eigenvalue weighted by Gasteiger charge is -2.15. The number of amides is 1. The number of anilines is 1. The van der Waals surface area contributed by atoms with Crippen LogP contribution in [0.3, 0.4) is 0 Å². The predicted molar refractivity (Wildman–Crippen MR) is 108 cm³/mol. The van der Waals surface area contributed by atoms with Crippen molar-refractivity contribution in [1.29, 1.82) is 0 Å². The van der Waals surface area contributed by atoms with Gasteiger partial charge in [0.05, 0.1) is 16.2 Å². The van der Waals surface area contributed by atoms with E-state index in [0.29, 0.717) is 0 Å². The summed E-state index contributed by atoms with van der Waals surface area (Å²) < 4.78 is 30.5. The monoisotopic (exact) mass is 435 g/mol. The van der Waals surface area contributed by atoms with E-state index in [1.807, 2.05) is 0 Å². The minimum atomic E-state index is -3.68. The van der Waals surface area contributed by atoms with Crippen molar-refractivity contribution in [2.45, 2.75) is 24.3 Å². The van der Waals surface area contributed by atoms with E-state index in [1.54, 1.807) is 6.07 Å². The number of nitro benzene ring substituents is 1. The highest BCUT2D eigenvalue weighted by Gasteiger charge is 2.22. The van der Waals surface area contributed by atoms with Crippen LogP contribution in [0.4, 0.5) is 11.4 Å². The van der Waals surface area contributed by atoms with Crippen molar-refractivity contribution in [2.75, 3.05) is 19.4 Å². The van der Waals surface area contributed by atoms with Crippen LogP contribution in [0.2, 0.25) is 0 Å². The number of hydrogen-bond acceptors (Lipinski definition) is 7. The zero-order chi connectivity index (χ0) is 22.5. The molecule has 0 spiro atoms. The van der Waals surface area contributed by atoms with Gasteiger partial charge < -0.3 is 10.1 Å². The number of rotatable bonds is 8. The lowest BCUT2D eigenvalue weighted by Crippen LogP contribution is -2.30. The number of hydrogen-bond donors (Lipinski definition) is 1. The summed E-state index contributed by atoms with van der Waals surface area (Å²) in [5.74, 6) is -1.49. The molecule has 0 bridgehead atoms. The number of nitro groups is 1. The second-order valence-electron chi connectivity index (χ2n) is 6.50. The fraction of sp³-hybridized carbons (Fsp3) is 0.263. The normalized spacial score (nSPS) is 12.3. The third kappa shape index (κ3) is 5.61. The van der Waals surface area contributed by atoms with Crippen molar-refractivity contribution < 1.29 is 27.7 Å². The van der Waals surface area contributed by atoms with Gasteiger partial charge in [0.15, 0.2) is 6.10 Å². The summed E-state index contributed by atoms with van der Waals surface area (Å²) in [6.07, 6.45) is -1.57. The first kappa shape index (κ1) is 23.0. The molecule has 0 saturated heterocycles. The Morgan fingerprint density at radius 2 is 1.83 bits per heavy atom. The second kappa shape index (κ2) is 9.46. The number of nitrogens with one attached hydrogen (secondary N) is 1. The average Bonchev–Trinajstić information content (AvgIpc) is 2.68. The molecular weight excluding hydrogens is 414 g/mol. The number of carbonyl (C=O) groups is 2. The van der Waals surface area contributed by atoms with Gasteiger partial charge in [-0.1, -0.05) is 24.3 Å². The largest absolute Gasteiger partial charge is 0.452 e. The van der Waals surface area contributed by atoms with Gasteiger partial charge in [-0.05, 0) is 25.1 Å². The maximum absolute atomic E-state index is 12.3. The van der Waals surface area contributed by atoms with Crippen LogP contribution in [0, 0.1) is 10.1 Å². The molecule has 2 aromatic rings. The summed E-state index contributed by atoms with van der Waals surface area (Å²) in [6.45, 7) is 1.34. The van der Waals surface area contributed by atoms with Gasteiger partial charge >= 0.3 is 5.97 Å². The van der Waals surface area contributed by atoms with Gasteiger partial charge in [-0.3, -0.25) is 19.7 Å². The number of esters is 1. The van der Waals surface area contributed by atoms with Crippen molar-refractivity contribution >= 4 is 33.3 Å². The minimum Gasteiger partial charge on any atom is -0.452 e. The van der Waals surface area contributed by atoms with Crippen molar-refractivity contribution in [3.63, 3.8) is 0 Å². The minimum absolute atomic E-state index is 0.00802. The zero-order valence-corrected chi connectivity index (χ0v) is 17.4. The molecule has 11 heteroatoms. The van der Waals surface area contributed by atoms with Crippen LogP contribution in [-0.2, 0) is 30.8 Å². The fourth-order valence-electron chi connectivity index (χ4n) is 2.48. The Bertz CT molecular complexity index is 1070. The number of benzene rings is 2. The highest BCUT2D eigenvalue weighted by atomic mass is 32.2. The maximum atomic E-state index is 12.3. The molecule has 0 unspecified atom stereocenters. The second-order valence-corrected chi connectivity index (χ2v) is 8.65. The number of para-hydroxylation sites is 1. The molecule has 2 aromatic carbocycles. The van der Waals surface area contributed by atoms with Crippen molar-refractivity contribution in [2.24, 2.45) is 0 Å². The van der Waals surface area contributed by atoms with Gasteiger partial charge in [0.25, 0.3) is 11.6 Å². The lowest BCUT2D eigenvalue weighted by molar-refractivity contribution is -0.385. The SMILES string of the molecule is C[C@H](OC(=O)Cc1ccccc1[N+](=O)[O-])C(=O)Nc1cccc(S(=O)(=O)N(C)C)c1. The number of ether oxygens (including phenoxy) is 1. The van der Waals surface area contributed by atoms with Gasteiger partial charge in [0, 0.05) is 31.4 Å². The highest BCUT2D eigenvalue weighted by molar-refractivity contribution is 7.89. The van der Waals surface area contributed by atoms with Crippen molar-refractivity contribution in [3.8, 4) is 0 Å². The molecule has 0 heterocycles. The van der Waals surface area contributed by atoms with Crippen LogP contribution in [0.15, 0.2) is 53.4 Å². The molecular formula is C19H21N3O7S. The van der Waals surface area contributed by atoms with Crippen LogP contribution in [0.1, 0.15) is 12.5 Å². The molecule has 1 amide bonds. The van der Waals surface area contributed by atoms with Crippen molar-refractivity contribution in [1.82, 2.24) is 4.31 Å².